The molecule has 0 saturated carbocycles. The van der Waals surface area contributed by atoms with Crippen molar-refractivity contribution >= 4 is 17.7 Å². The van der Waals surface area contributed by atoms with Crippen molar-refractivity contribution in [3.05, 3.63) is 106 Å². The van der Waals surface area contributed by atoms with Gasteiger partial charge in [-0.25, -0.2) is 8.78 Å². The largest absolute Gasteiger partial charge is 0.369 e. The maximum atomic E-state index is 15.1. The molecule has 2 N–H and O–H groups in total. The Labute approximate surface area is 207 Å². The summed E-state index contributed by atoms with van der Waals surface area (Å²) in [5.74, 6) is -1.60. The first-order valence-corrected chi connectivity index (χ1v) is 11.8. The molecule has 5 rings (SSSR count). The van der Waals surface area contributed by atoms with Crippen molar-refractivity contribution in [2.45, 2.75) is 19.1 Å². The lowest BCUT2D eigenvalue weighted by molar-refractivity contribution is -0.125. The monoisotopic (exact) mass is 489 g/mol. The molecule has 36 heavy (non-hydrogen) atoms. The van der Waals surface area contributed by atoms with Crippen LogP contribution in [0.5, 0.6) is 0 Å². The standard InChI is InChI=1S/C28H25F2N3O3/c29-22-8-2-5-18(13-22)25(30)17-4-1-6-19(12-17)27(35)32-11-10-23-20(14-32)7-3-9-24(23)28(36)33-15-21(16-33)26(31)34/h1-9,12-13,21,25H,10-11,14-16H2,(H2,31,34). The second kappa shape index (κ2) is 9.53. The van der Waals surface area contributed by atoms with Crippen LogP contribution in [0.4, 0.5) is 8.78 Å². The van der Waals surface area contributed by atoms with Crippen molar-refractivity contribution in [2.24, 2.45) is 11.7 Å². The number of benzene rings is 3. The Morgan fingerprint density at radius 2 is 1.58 bits per heavy atom. The summed E-state index contributed by atoms with van der Waals surface area (Å²) >= 11 is 0. The Morgan fingerprint density at radius 1 is 0.889 bits per heavy atom. The molecule has 3 aromatic rings. The van der Waals surface area contributed by atoms with Gasteiger partial charge in [0.05, 0.1) is 5.92 Å². The Morgan fingerprint density at radius 3 is 2.31 bits per heavy atom. The minimum Gasteiger partial charge on any atom is -0.369 e. The summed E-state index contributed by atoms with van der Waals surface area (Å²) in [5, 5.41) is 0. The van der Waals surface area contributed by atoms with Gasteiger partial charge in [-0.1, -0.05) is 36.4 Å². The fourth-order valence-electron chi connectivity index (χ4n) is 4.85. The third-order valence-electron chi connectivity index (χ3n) is 6.92. The number of halogens is 2. The van der Waals surface area contributed by atoms with Crippen LogP contribution < -0.4 is 5.73 Å². The molecule has 0 radical (unpaired) electrons. The summed E-state index contributed by atoms with van der Waals surface area (Å²) in [6.45, 7) is 1.38. The number of carbonyl (C=O) groups is 3. The van der Waals surface area contributed by atoms with E-state index in [-0.39, 0.29) is 28.9 Å². The van der Waals surface area contributed by atoms with Crippen molar-refractivity contribution in [2.75, 3.05) is 19.6 Å². The van der Waals surface area contributed by atoms with Gasteiger partial charge in [0.1, 0.15) is 5.82 Å². The predicted molar refractivity (Wildman–Crippen MR) is 129 cm³/mol. The van der Waals surface area contributed by atoms with E-state index in [2.05, 4.69) is 0 Å². The van der Waals surface area contributed by atoms with Gasteiger partial charge in [-0.3, -0.25) is 14.4 Å². The second-order valence-electron chi connectivity index (χ2n) is 9.27. The number of fused-ring (bicyclic) bond motifs is 1. The lowest BCUT2D eigenvalue weighted by atomic mass is 9.91. The van der Waals surface area contributed by atoms with Crippen LogP contribution in [-0.2, 0) is 17.8 Å². The molecule has 3 aromatic carbocycles. The van der Waals surface area contributed by atoms with E-state index in [9.17, 15) is 18.8 Å². The zero-order valence-corrected chi connectivity index (χ0v) is 19.5. The van der Waals surface area contributed by atoms with Crippen molar-refractivity contribution in [1.29, 1.82) is 0 Å². The molecule has 0 aromatic heterocycles. The number of primary amides is 1. The van der Waals surface area contributed by atoms with E-state index < -0.39 is 17.9 Å². The quantitative estimate of drug-likeness (QED) is 0.594. The van der Waals surface area contributed by atoms with Crippen LogP contribution in [0.2, 0.25) is 0 Å². The average molecular weight is 490 g/mol. The third-order valence-corrected chi connectivity index (χ3v) is 6.92. The van der Waals surface area contributed by atoms with Crippen molar-refractivity contribution in [3.63, 3.8) is 0 Å². The van der Waals surface area contributed by atoms with Gasteiger partial charge in [-0.2, -0.15) is 0 Å². The number of rotatable bonds is 5. The number of likely N-dealkylation sites (tertiary alicyclic amines) is 1. The van der Waals surface area contributed by atoms with Gasteiger partial charge in [-0.15, -0.1) is 0 Å². The topological polar surface area (TPSA) is 83.7 Å². The average Bonchev–Trinajstić information content (AvgIpc) is 2.86. The summed E-state index contributed by atoms with van der Waals surface area (Å²) in [6, 6.07) is 17.2. The summed E-state index contributed by atoms with van der Waals surface area (Å²) in [7, 11) is 0. The summed E-state index contributed by atoms with van der Waals surface area (Å²) in [6.07, 6.45) is -1.05. The molecule has 8 heteroatoms. The molecule has 184 valence electrons. The molecule has 1 saturated heterocycles. The molecule has 3 amide bonds. The van der Waals surface area contributed by atoms with Gasteiger partial charge in [0.25, 0.3) is 11.8 Å². The van der Waals surface area contributed by atoms with E-state index in [1.54, 1.807) is 40.1 Å². The van der Waals surface area contributed by atoms with Crippen molar-refractivity contribution in [3.8, 4) is 0 Å². The second-order valence-corrected chi connectivity index (χ2v) is 9.27. The number of alkyl halides is 1. The van der Waals surface area contributed by atoms with Crippen LogP contribution in [0.25, 0.3) is 0 Å². The molecule has 0 aliphatic carbocycles. The normalized spacial score (nSPS) is 16.2. The van der Waals surface area contributed by atoms with E-state index in [0.29, 0.717) is 43.7 Å². The number of carbonyl (C=O) groups excluding carboxylic acids is 3. The minimum absolute atomic E-state index is 0.136. The van der Waals surface area contributed by atoms with Gasteiger partial charge < -0.3 is 15.5 Å². The minimum atomic E-state index is -1.56. The molecule has 6 nitrogen and oxygen atoms in total. The molecule has 0 spiro atoms. The highest BCUT2D eigenvalue weighted by molar-refractivity contribution is 5.98. The molecule has 1 atom stereocenters. The Hall–Kier alpha value is -4.07. The number of nitrogens with two attached hydrogens (primary N) is 1. The number of nitrogens with zero attached hydrogens (tertiary/aromatic N) is 2. The zero-order chi connectivity index (χ0) is 25.4. The maximum absolute atomic E-state index is 15.1. The van der Waals surface area contributed by atoms with Crippen LogP contribution in [0.15, 0.2) is 66.7 Å². The van der Waals surface area contributed by atoms with Crippen LogP contribution in [0.1, 0.15) is 49.1 Å². The van der Waals surface area contributed by atoms with Gasteiger partial charge in [0, 0.05) is 37.3 Å². The lowest BCUT2D eigenvalue weighted by Crippen LogP contribution is -2.55. The molecule has 1 fully saturated rings. The van der Waals surface area contributed by atoms with Gasteiger partial charge in [0.2, 0.25) is 5.91 Å². The van der Waals surface area contributed by atoms with Gasteiger partial charge >= 0.3 is 0 Å². The first kappa shape index (κ1) is 23.7. The van der Waals surface area contributed by atoms with Crippen LogP contribution in [0.3, 0.4) is 0 Å². The highest BCUT2D eigenvalue weighted by Gasteiger charge is 2.36. The predicted octanol–water partition coefficient (Wildman–Crippen LogP) is 3.64. The number of hydrogen-bond acceptors (Lipinski definition) is 3. The fourth-order valence-corrected chi connectivity index (χ4v) is 4.85. The molecular formula is C28H25F2N3O3. The van der Waals surface area contributed by atoms with Crippen LogP contribution >= 0.6 is 0 Å². The molecule has 2 aliphatic heterocycles. The number of amides is 3. The molecule has 2 heterocycles. The van der Waals surface area contributed by atoms with Crippen LogP contribution in [-0.4, -0.2) is 47.2 Å². The first-order valence-electron chi connectivity index (χ1n) is 11.8. The summed E-state index contributed by atoms with van der Waals surface area (Å²) in [4.78, 5) is 40.8. The smallest absolute Gasteiger partial charge is 0.254 e. The first-order chi connectivity index (χ1) is 17.3. The van der Waals surface area contributed by atoms with Crippen molar-refractivity contribution < 1.29 is 23.2 Å². The highest BCUT2D eigenvalue weighted by atomic mass is 19.1. The van der Waals surface area contributed by atoms with E-state index in [0.717, 1.165) is 17.2 Å². The van der Waals surface area contributed by atoms with E-state index in [1.165, 1.54) is 24.3 Å². The van der Waals surface area contributed by atoms with E-state index >= 15 is 4.39 Å². The molecular weight excluding hydrogens is 464 g/mol. The highest BCUT2D eigenvalue weighted by Crippen LogP contribution is 2.29. The number of hydrogen-bond donors (Lipinski definition) is 1. The Balaban J connectivity index is 1.31. The Kier molecular flexibility index (Phi) is 6.26. The molecule has 0 bridgehead atoms. The molecule has 2 aliphatic rings. The van der Waals surface area contributed by atoms with Crippen LogP contribution in [0, 0.1) is 11.7 Å². The molecule has 1 unspecified atom stereocenters. The van der Waals surface area contributed by atoms with Gasteiger partial charge in [-0.05, 0) is 59.0 Å². The van der Waals surface area contributed by atoms with Crippen molar-refractivity contribution in [1.82, 2.24) is 9.80 Å². The van der Waals surface area contributed by atoms with E-state index in [1.807, 2.05) is 6.07 Å². The summed E-state index contributed by atoms with van der Waals surface area (Å²) in [5.41, 5.74) is 8.49. The zero-order valence-electron chi connectivity index (χ0n) is 19.5. The van der Waals surface area contributed by atoms with Gasteiger partial charge in [0.15, 0.2) is 6.17 Å². The SMILES string of the molecule is NC(=O)C1CN(C(=O)c2cccc3c2CCN(C(=O)c2cccc(C(F)c4cccc(F)c4)c2)C3)C1. The fraction of sp³-hybridized carbons (Fsp3) is 0.250. The maximum Gasteiger partial charge on any atom is 0.254 e. The lowest BCUT2D eigenvalue weighted by Gasteiger charge is -2.38. The third kappa shape index (κ3) is 4.46. The summed E-state index contributed by atoms with van der Waals surface area (Å²) < 4.78 is 28.6. The van der Waals surface area contributed by atoms with E-state index in [4.69, 9.17) is 5.73 Å². The Bertz CT molecular complexity index is 1350.